The van der Waals surface area contributed by atoms with Crippen LogP contribution in [0.5, 0.6) is 5.75 Å². The number of ether oxygens (including phenoxy) is 1. The van der Waals surface area contributed by atoms with Crippen molar-refractivity contribution >= 4 is 0 Å². The Bertz CT molecular complexity index is 651. The molecule has 1 fully saturated rings. The van der Waals surface area contributed by atoms with Gasteiger partial charge in [0.05, 0.1) is 5.60 Å². The normalized spacial score (nSPS) is 37.2. The molecule has 4 unspecified atom stereocenters. The molecule has 1 saturated heterocycles. The van der Waals surface area contributed by atoms with Gasteiger partial charge in [-0.05, 0) is 32.0 Å². The summed E-state index contributed by atoms with van der Waals surface area (Å²) >= 11 is 0. The topological polar surface area (TPSA) is 32.7 Å². The number of hydrogen-bond donors (Lipinski definition) is 1. The van der Waals surface area contributed by atoms with Gasteiger partial charge in [-0.2, -0.15) is 0 Å². The van der Waals surface area contributed by atoms with Crippen LogP contribution in [0.1, 0.15) is 18.9 Å². The zero-order chi connectivity index (χ0) is 15.3. The van der Waals surface area contributed by atoms with Crippen molar-refractivity contribution < 1.29 is 9.84 Å². The summed E-state index contributed by atoms with van der Waals surface area (Å²) < 4.78 is 6.37. The number of rotatable bonds is 0. The minimum absolute atomic E-state index is 0.0247. The van der Waals surface area contributed by atoms with E-state index in [1.807, 2.05) is 24.3 Å². The zero-order valence-corrected chi connectivity index (χ0v) is 13.2. The van der Waals surface area contributed by atoms with Crippen LogP contribution in [0, 0.1) is 11.8 Å². The third-order valence-electron chi connectivity index (χ3n) is 5.56. The Hall–Kier alpha value is -1.58. The second-order valence-corrected chi connectivity index (χ2v) is 6.95. The molecule has 0 saturated carbocycles. The van der Waals surface area contributed by atoms with Crippen molar-refractivity contribution in [2.75, 3.05) is 20.1 Å². The maximum atomic E-state index is 11.6. The predicted octanol–water partition coefficient (Wildman–Crippen LogP) is 2.72. The van der Waals surface area contributed by atoms with Gasteiger partial charge in [0, 0.05) is 30.5 Å². The van der Waals surface area contributed by atoms with Crippen LogP contribution in [0.2, 0.25) is 0 Å². The molecule has 3 nitrogen and oxygen atoms in total. The molecule has 22 heavy (non-hydrogen) atoms. The Morgan fingerprint density at radius 3 is 3.00 bits per heavy atom. The summed E-state index contributed by atoms with van der Waals surface area (Å²) in [6.07, 6.45) is 7.25. The highest BCUT2D eigenvalue weighted by Gasteiger charge is 2.51. The average molecular weight is 297 g/mol. The highest BCUT2D eigenvalue weighted by molar-refractivity contribution is 5.43. The molecule has 3 heteroatoms. The Morgan fingerprint density at radius 2 is 2.14 bits per heavy atom. The zero-order valence-electron chi connectivity index (χ0n) is 13.2. The van der Waals surface area contributed by atoms with E-state index in [1.165, 1.54) is 5.57 Å². The molecule has 0 radical (unpaired) electrons. The van der Waals surface area contributed by atoms with Gasteiger partial charge in [-0.15, -0.1) is 0 Å². The van der Waals surface area contributed by atoms with Crippen LogP contribution in [-0.4, -0.2) is 36.2 Å². The van der Waals surface area contributed by atoms with Crippen LogP contribution < -0.4 is 4.74 Å². The molecule has 3 aliphatic rings. The fourth-order valence-electron chi connectivity index (χ4n) is 4.31. The molecule has 0 aromatic heterocycles. The van der Waals surface area contributed by atoms with Gasteiger partial charge in [0.25, 0.3) is 0 Å². The number of nitrogens with zero attached hydrogens (tertiary/aromatic N) is 1. The van der Waals surface area contributed by atoms with E-state index in [-0.39, 0.29) is 17.9 Å². The molecule has 0 bridgehead atoms. The lowest BCUT2D eigenvalue weighted by Crippen LogP contribution is -2.52. The SMILES string of the molecule is CC1=CC=CC2C1Oc1ccccc1C1(O)CCN(C)CC21. The van der Waals surface area contributed by atoms with Crippen molar-refractivity contribution in [3.63, 3.8) is 0 Å². The van der Waals surface area contributed by atoms with E-state index in [4.69, 9.17) is 4.74 Å². The fraction of sp³-hybridized carbons (Fsp3) is 0.474. The van der Waals surface area contributed by atoms with Crippen molar-refractivity contribution in [1.29, 1.82) is 0 Å². The molecular weight excluding hydrogens is 274 g/mol. The number of piperidine rings is 1. The van der Waals surface area contributed by atoms with Gasteiger partial charge in [0.2, 0.25) is 0 Å². The second-order valence-electron chi connectivity index (χ2n) is 6.95. The van der Waals surface area contributed by atoms with Gasteiger partial charge in [-0.3, -0.25) is 0 Å². The molecule has 4 rings (SSSR count). The Kier molecular flexibility index (Phi) is 3.17. The molecule has 1 N–H and O–H groups in total. The molecule has 1 aromatic carbocycles. The first kappa shape index (κ1) is 14.0. The molecule has 1 aliphatic carbocycles. The van der Waals surface area contributed by atoms with Gasteiger partial charge >= 0.3 is 0 Å². The lowest BCUT2D eigenvalue weighted by Gasteiger charge is -2.46. The van der Waals surface area contributed by atoms with Gasteiger partial charge in [-0.1, -0.05) is 36.4 Å². The molecular formula is C19H23NO2. The van der Waals surface area contributed by atoms with E-state index >= 15 is 0 Å². The Morgan fingerprint density at radius 1 is 1.32 bits per heavy atom. The number of fused-ring (bicyclic) bond motifs is 5. The third kappa shape index (κ3) is 1.96. The van der Waals surface area contributed by atoms with Crippen LogP contribution in [-0.2, 0) is 5.60 Å². The smallest absolute Gasteiger partial charge is 0.126 e. The first-order valence-electron chi connectivity index (χ1n) is 8.11. The van der Waals surface area contributed by atoms with Crippen LogP contribution in [0.3, 0.4) is 0 Å². The Labute approximate surface area is 131 Å². The first-order chi connectivity index (χ1) is 10.6. The van der Waals surface area contributed by atoms with Gasteiger partial charge in [-0.25, -0.2) is 0 Å². The van der Waals surface area contributed by atoms with Crippen molar-refractivity contribution in [3.05, 3.63) is 53.6 Å². The number of benzene rings is 1. The second kappa shape index (κ2) is 4.97. The molecule has 2 heterocycles. The summed E-state index contributed by atoms with van der Waals surface area (Å²) in [5.41, 5.74) is 1.40. The fourth-order valence-corrected chi connectivity index (χ4v) is 4.31. The van der Waals surface area contributed by atoms with Gasteiger partial charge < -0.3 is 14.7 Å². The van der Waals surface area contributed by atoms with Crippen molar-refractivity contribution in [2.24, 2.45) is 11.8 Å². The summed E-state index contributed by atoms with van der Waals surface area (Å²) in [5.74, 6) is 1.21. The minimum atomic E-state index is -0.801. The summed E-state index contributed by atoms with van der Waals surface area (Å²) in [6.45, 7) is 3.94. The van der Waals surface area contributed by atoms with Crippen molar-refractivity contribution in [3.8, 4) is 5.75 Å². The van der Waals surface area contributed by atoms with E-state index in [2.05, 4.69) is 37.1 Å². The molecule has 0 spiro atoms. The first-order valence-corrected chi connectivity index (χ1v) is 8.11. The number of likely N-dealkylation sites (tertiary alicyclic amines) is 1. The molecule has 0 amide bonds. The highest BCUT2D eigenvalue weighted by atomic mass is 16.5. The van der Waals surface area contributed by atoms with Crippen LogP contribution in [0.4, 0.5) is 0 Å². The van der Waals surface area contributed by atoms with Crippen molar-refractivity contribution in [1.82, 2.24) is 4.90 Å². The Balaban J connectivity index is 1.89. The maximum absolute atomic E-state index is 11.6. The average Bonchev–Trinajstić information content (AvgIpc) is 2.62. The van der Waals surface area contributed by atoms with E-state index in [0.717, 1.165) is 30.8 Å². The van der Waals surface area contributed by atoms with Gasteiger partial charge in [0.1, 0.15) is 11.9 Å². The number of hydrogen-bond acceptors (Lipinski definition) is 3. The summed E-state index contributed by atoms with van der Waals surface area (Å²) in [4.78, 5) is 2.33. The van der Waals surface area contributed by atoms with Crippen LogP contribution in [0.15, 0.2) is 48.1 Å². The summed E-state index contributed by atoms with van der Waals surface area (Å²) in [5, 5.41) is 11.6. The molecule has 116 valence electrons. The largest absolute Gasteiger partial charge is 0.485 e. The molecule has 4 atom stereocenters. The van der Waals surface area contributed by atoms with Crippen molar-refractivity contribution in [2.45, 2.75) is 25.0 Å². The molecule has 2 aliphatic heterocycles. The number of para-hydroxylation sites is 1. The van der Waals surface area contributed by atoms with Gasteiger partial charge in [0.15, 0.2) is 0 Å². The summed E-state index contributed by atoms with van der Waals surface area (Å²) in [7, 11) is 2.14. The molecule has 1 aromatic rings. The predicted molar refractivity (Wildman–Crippen MR) is 86.7 cm³/mol. The lowest BCUT2D eigenvalue weighted by atomic mass is 9.67. The third-order valence-corrected chi connectivity index (χ3v) is 5.56. The van der Waals surface area contributed by atoms with E-state index in [0.29, 0.717) is 0 Å². The quantitative estimate of drug-likeness (QED) is 0.799. The maximum Gasteiger partial charge on any atom is 0.126 e. The van der Waals surface area contributed by atoms with Crippen LogP contribution in [0.25, 0.3) is 0 Å². The van der Waals surface area contributed by atoms with E-state index in [1.54, 1.807) is 0 Å². The monoisotopic (exact) mass is 297 g/mol. The standard InChI is InChI=1S/C19H23NO2/c1-13-6-5-7-14-16-12-20(2)11-10-19(16,21)15-8-3-4-9-17(15)22-18(13)14/h3-9,14,16,18,21H,10-12H2,1-2H3. The summed E-state index contributed by atoms with van der Waals surface area (Å²) in [6, 6.07) is 8.03. The highest BCUT2D eigenvalue weighted by Crippen LogP contribution is 2.50. The van der Waals surface area contributed by atoms with Crippen LogP contribution >= 0.6 is 0 Å². The minimum Gasteiger partial charge on any atom is -0.485 e. The lowest BCUT2D eigenvalue weighted by molar-refractivity contribution is -0.0904. The van der Waals surface area contributed by atoms with E-state index < -0.39 is 5.60 Å². The number of aliphatic hydroxyl groups is 1. The van der Waals surface area contributed by atoms with E-state index in [9.17, 15) is 5.11 Å². The number of allylic oxidation sites excluding steroid dienone is 2.